The first kappa shape index (κ1) is 20.7. The van der Waals surface area contributed by atoms with Crippen LogP contribution in [0, 0.1) is 6.92 Å². The summed E-state index contributed by atoms with van der Waals surface area (Å²) in [7, 11) is 1.66. The third kappa shape index (κ3) is 6.26. The van der Waals surface area contributed by atoms with Gasteiger partial charge < -0.3 is 19.5 Å². The maximum absolute atomic E-state index is 6.03. The predicted molar refractivity (Wildman–Crippen MR) is 117 cm³/mol. The monoisotopic (exact) mass is 391 g/mol. The molecule has 1 N–H and O–H groups in total. The van der Waals surface area contributed by atoms with Crippen molar-refractivity contribution in [3.63, 3.8) is 0 Å². The molecule has 152 valence electrons. The summed E-state index contributed by atoms with van der Waals surface area (Å²) in [5.74, 6) is 2.35. The average Bonchev–Trinajstić information content (AvgIpc) is 2.76. The van der Waals surface area contributed by atoms with Crippen LogP contribution in [-0.4, -0.2) is 26.9 Å². The number of ether oxygens (including phenoxy) is 3. The van der Waals surface area contributed by atoms with Gasteiger partial charge in [0.1, 0.15) is 19.0 Å². The second-order valence-electron chi connectivity index (χ2n) is 6.81. The molecule has 0 amide bonds. The van der Waals surface area contributed by atoms with E-state index in [-0.39, 0.29) is 0 Å². The van der Waals surface area contributed by atoms with E-state index in [9.17, 15) is 0 Å². The normalized spacial score (nSPS) is 10.6. The van der Waals surface area contributed by atoms with Gasteiger partial charge in [-0.25, -0.2) is 0 Å². The topological polar surface area (TPSA) is 39.7 Å². The van der Waals surface area contributed by atoms with E-state index in [0.29, 0.717) is 13.2 Å². The average molecular weight is 392 g/mol. The molecule has 0 unspecified atom stereocenters. The molecule has 3 aromatic rings. The summed E-state index contributed by atoms with van der Waals surface area (Å²) in [6.07, 6.45) is 0.998. The van der Waals surface area contributed by atoms with Crippen molar-refractivity contribution in [2.24, 2.45) is 0 Å². The zero-order chi connectivity index (χ0) is 20.3. The fraction of sp³-hybridized carbons (Fsp3) is 0.280. The number of methoxy groups -OCH3 is 1. The Morgan fingerprint density at radius 1 is 0.759 bits per heavy atom. The number of benzene rings is 3. The molecule has 0 atom stereocenters. The van der Waals surface area contributed by atoms with Crippen molar-refractivity contribution in [2.45, 2.75) is 19.9 Å². The molecule has 29 heavy (non-hydrogen) atoms. The molecular weight excluding hydrogens is 362 g/mol. The molecule has 0 aliphatic rings. The second-order valence-corrected chi connectivity index (χ2v) is 6.81. The van der Waals surface area contributed by atoms with Crippen molar-refractivity contribution in [2.75, 3.05) is 26.9 Å². The van der Waals surface area contributed by atoms with Crippen molar-refractivity contribution in [1.82, 2.24) is 5.32 Å². The van der Waals surface area contributed by atoms with Crippen LogP contribution >= 0.6 is 0 Å². The highest BCUT2D eigenvalue weighted by molar-refractivity contribution is 5.46. The van der Waals surface area contributed by atoms with Crippen molar-refractivity contribution in [3.05, 3.63) is 89.5 Å². The summed E-state index contributed by atoms with van der Waals surface area (Å²) in [4.78, 5) is 0. The van der Waals surface area contributed by atoms with Crippen LogP contribution in [-0.2, 0) is 13.0 Å². The van der Waals surface area contributed by atoms with Crippen LogP contribution in [0.4, 0.5) is 0 Å². The zero-order valence-corrected chi connectivity index (χ0v) is 17.2. The quantitative estimate of drug-likeness (QED) is 0.477. The fourth-order valence-electron chi connectivity index (χ4n) is 3.18. The molecule has 3 aromatic carbocycles. The van der Waals surface area contributed by atoms with E-state index < -0.39 is 0 Å². The molecule has 0 aromatic heterocycles. The van der Waals surface area contributed by atoms with Crippen LogP contribution in [0.1, 0.15) is 16.7 Å². The van der Waals surface area contributed by atoms with Gasteiger partial charge in [0.05, 0.1) is 7.11 Å². The second kappa shape index (κ2) is 11.1. The molecular formula is C25H29NO3. The Balaban J connectivity index is 1.52. The molecule has 0 saturated heterocycles. The predicted octanol–water partition coefficient (Wildman–Crippen LogP) is 4.79. The Kier molecular flexibility index (Phi) is 7.96. The number of rotatable bonds is 11. The van der Waals surface area contributed by atoms with Crippen LogP contribution in [0.3, 0.4) is 0 Å². The Bertz CT molecular complexity index is 880. The lowest BCUT2D eigenvalue weighted by Gasteiger charge is -2.16. The highest BCUT2D eigenvalue weighted by Crippen LogP contribution is 2.31. The summed E-state index contributed by atoms with van der Waals surface area (Å²) in [6.45, 7) is 4.70. The van der Waals surface area contributed by atoms with Gasteiger partial charge in [0.15, 0.2) is 11.5 Å². The number of aryl methyl sites for hydroxylation is 1. The van der Waals surface area contributed by atoms with E-state index in [1.807, 2.05) is 42.5 Å². The first-order valence-electron chi connectivity index (χ1n) is 9.99. The number of nitrogens with one attached hydrogen (secondary N) is 1. The molecule has 0 fully saturated rings. The first-order chi connectivity index (χ1) is 14.3. The number of para-hydroxylation sites is 2. The van der Waals surface area contributed by atoms with Crippen molar-refractivity contribution in [1.29, 1.82) is 0 Å². The van der Waals surface area contributed by atoms with Gasteiger partial charge in [0.25, 0.3) is 0 Å². The molecule has 3 rings (SSSR count). The van der Waals surface area contributed by atoms with E-state index in [1.165, 1.54) is 11.1 Å². The maximum Gasteiger partial charge on any atom is 0.165 e. The van der Waals surface area contributed by atoms with Gasteiger partial charge in [0.2, 0.25) is 0 Å². The summed E-state index contributed by atoms with van der Waals surface area (Å²) in [5.41, 5.74) is 3.78. The summed E-state index contributed by atoms with van der Waals surface area (Å²) in [6, 6.07) is 24.2. The first-order valence-corrected chi connectivity index (χ1v) is 9.99. The van der Waals surface area contributed by atoms with Gasteiger partial charge in [-0.1, -0.05) is 54.6 Å². The molecule has 0 spiro atoms. The van der Waals surface area contributed by atoms with Crippen LogP contribution in [0.5, 0.6) is 17.2 Å². The number of hydrogen-bond donors (Lipinski definition) is 1. The minimum atomic E-state index is 0.450. The molecule has 0 bridgehead atoms. The van der Waals surface area contributed by atoms with Gasteiger partial charge >= 0.3 is 0 Å². The summed E-state index contributed by atoms with van der Waals surface area (Å²) >= 11 is 0. The Labute approximate surface area is 173 Å². The van der Waals surface area contributed by atoms with Crippen molar-refractivity contribution >= 4 is 0 Å². The minimum absolute atomic E-state index is 0.450. The zero-order valence-electron chi connectivity index (χ0n) is 17.2. The molecule has 0 aliphatic heterocycles. The molecule has 0 saturated carbocycles. The molecule has 0 radical (unpaired) electrons. The standard InChI is InChI=1S/C25H29NO3/c1-20-9-6-7-10-21(20)15-16-26-19-22-11-8-14-24(27-2)25(22)29-18-17-28-23-12-4-3-5-13-23/h3-14,26H,15-19H2,1-2H3. The van der Waals surface area contributed by atoms with Gasteiger partial charge in [-0.15, -0.1) is 0 Å². The van der Waals surface area contributed by atoms with E-state index in [0.717, 1.165) is 42.3 Å². The smallest absolute Gasteiger partial charge is 0.165 e. The lowest BCUT2D eigenvalue weighted by Crippen LogP contribution is -2.18. The van der Waals surface area contributed by atoms with Gasteiger partial charge in [-0.05, 0) is 49.2 Å². The highest BCUT2D eigenvalue weighted by Gasteiger charge is 2.10. The lowest BCUT2D eigenvalue weighted by molar-refractivity contribution is 0.209. The van der Waals surface area contributed by atoms with Crippen LogP contribution in [0.25, 0.3) is 0 Å². The SMILES string of the molecule is COc1cccc(CNCCc2ccccc2C)c1OCCOc1ccccc1. The molecule has 4 heteroatoms. The summed E-state index contributed by atoms with van der Waals surface area (Å²) < 4.78 is 17.2. The van der Waals surface area contributed by atoms with E-state index in [1.54, 1.807) is 7.11 Å². The third-order valence-corrected chi connectivity index (χ3v) is 4.77. The fourth-order valence-corrected chi connectivity index (χ4v) is 3.18. The largest absolute Gasteiger partial charge is 0.493 e. The Morgan fingerprint density at radius 2 is 1.48 bits per heavy atom. The van der Waals surface area contributed by atoms with E-state index in [4.69, 9.17) is 14.2 Å². The molecule has 0 aliphatic carbocycles. The van der Waals surface area contributed by atoms with Crippen molar-refractivity contribution in [3.8, 4) is 17.2 Å². The molecule has 0 heterocycles. The van der Waals surface area contributed by atoms with Gasteiger partial charge in [-0.2, -0.15) is 0 Å². The van der Waals surface area contributed by atoms with E-state index in [2.05, 4.69) is 42.6 Å². The Morgan fingerprint density at radius 3 is 2.28 bits per heavy atom. The minimum Gasteiger partial charge on any atom is -0.493 e. The lowest BCUT2D eigenvalue weighted by atomic mass is 10.1. The number of hydrogen-bond acceptors (Lipinski definition) is 4. The van der Waals surface area contributed by atoms with Crippen LogP contribution in [0.2, 0.25) is 0 Å². The van der Waals surface area contributed by atoms with Gasteiger partial charge in [-0.3, -0.25) is 0 Å². The van der Waals surface area contributed by atoms with E-state index >= 15 is 0 Å². The maximum atomic E-state index is 6.03. The van der Waals surface area contributed by atoms with Crippen molar-refractivity contribution < 1.29 is 14.2 Å². The third-order valence-electron chi connectivity index (χ3n) is 4.77. The molecule has 4 nitrogen and oxygen atoms in total. The Hall–Kier alpha value is -2.98. The summed E-state index contributed by atoms with van der Waals surface area (Å²) in [5, 5.41) is 3.52. The van der Waals surface area contributed by atoms with Gasteiger partial charge in [0, 0.05) is 12.1 Å². The van der Waals surface area contributed by atoms with Crippen LogP contribution in [0.15, 0.2) is 72.8 Å². The van der Waals surface area contributed by atoms with Crippen LogP contribution < -0.4 is 19.5 Å². The highest BCUT2D eigenvalue weighted by atomic mass is 16.5.